The average Bonchev–Trinajstić information content (AvgIpc) is 2.38. The van der Waals surface area contributed by atoms with Gasteiger partial charge in [0, 0.05) is 13.3 Å². The molecule has 0 heterocycles. The maximum atomic E-state index is 11.4. The van der Waals surface area contributed by atoms with Crippen LogP contribution in [0.2, 0.25) is 0 Å². The minimum absolute atomic E-state index is 0.0788. The van der Waals surface area contributed by atoms with Crippen LogP contribution in [-0.2, 0) is 14.3 Å². The lowest BCUT2D eigenvalue weighted by atomic mass is 9.95. The third-order valence-corrected chi connectivity index (χ3v) is 3.98. The molecule has 21 heavy (non-hydrogen) atoms. The molecule has 0 saturated heterocycles. The molecule has 6 nitrogen and oxygen atoms in total. The van der Waals surface area contributed by atoms with Gasteiger partial charge in [-0.2, -0.15) is 0 Å². The van der Waals surface area contributed by atoms with Crippen LogP contribution >= 0.6 is 15.9 Å². The van der Waals surface area contributed by atoms with Crippen molar-refractivity contribution < 1.29 is 19.1 Å². The number of amides is 2. The summed E-state index contributed by atoms with van der Waals surface area (Å²) in [4.78, 5) is 22.5. The number of carbonyl (C=O) groups excluding carboxylic acids is 2. The summed E-state index contributed by atoms with van der Waals surface area (Å²) >= 11 is 3.42. The third kappa shape index (κ3) is 5.67. The van der Waals surface area contributed by atoms with E-state index in [1.807, 2.05) is 19.9 Å². The fourth-order valence-electron chi connectivity index (χ4n) is 2.38. The number of primary amides is 1. The van der Waals surface area contributed by atoms with Gasteiger partial charge in [-0.15, -0.1) is 0 Å². The number of ether oxygens (including phenoxy) is 2. The average molecular weight is 363 g/mol. The van der Waals surface area contributed by atoms with Crippen molar-refractivity contribution in [1.82, 2.24) is 5.32 Å². The van der Waals surface area contributed by atoms with Crippen LogP contribution in [0.3, 0.4) is 0 Å². The molecule has 0 saturated carbocycles. The Hall–Kier alpha value is -1.08. The zero-order valence-corrected chi connectivity index (χ0v) is 14.2. The van der Waals surface area contributed by atoms with Crippen molar-refractivity contribution >= 4 is 27.9 Å². The van der Waals surface area contributed by atoms with Gasteiger partial charge in [-0.1, -0.05) is 29.8 Å². The number of halogens is 1. The predicted molar refractivity (Wildman–Crippen MR) is 82.9 cm³/mol. The van der Waals surface area contributed by atoms with Crippen molar-refractivity contribution in [2.75, 3.05) is 0 Å². The second kappa shape index (κ2) is 8.38. The molecule has 120 valence electrons. The van der Waals surface area contributed by atoms with Gasteiger partial charge in [0.15, 0.2) is 0 Å². The molecule has 0 aromatic rings. The summed E-state index contributed by atoms with van der Waals surface area (Å²) in [6, 6.07) is -0.447. The van der Waals surface area contributed by atoms with Crippen LogP contribution in [0.1, 0.15) is 40.0 Å². The summed E-state index contributed by atoms with van der Waals surface area (Å²) in [6.07, 6.45) is 2.39. The molecular formula is C14H23BrN2O4. The molecule has 0 aromatic heterocycles. The Morgan fingerprint density at radius 1 is 1.48 bits per heavy atom. The van der Waals surface area contributed by atoms with Gasteiger partial charge in [-0.05, 0) is 23.4 Å². The van der Waals surface area contributed by atoms with Gasteiger partial charge in [0.2, 0.25) is 5.91 Å². The van der Waals surface area contributed by atoms with Gasteiger partial charge in [0.1, 0.15) is 12.2 Å². The SMILES string of the molecule is CCC(CC)O[C@@H]1C=C(Br)C[C@H](OC(N)=O)[C@H]1NC(C)=O. The van der Waals surface area contributed by atoms with Crippen LogP contribution in [0, 0.1) is 0 Å². The Labute approximate surface area is 133 Å². The van der Waals surface area contributed by atoms with E-state index in [-0.39, 0.29) is 18.1 Å². The van der Waals surface area contributed by atoms with Crippen LogP contribution in [0.15, 0.2) is 10.6 Å². The van der Waals surface area contributed by atoms with E-state index in [0.29, 0.717) is 6.42 Å². The number of nitrogens with two attached hydrogens (primary N) is 1. The highest BCUT2D eigenvalue weighted by molar-refractivity contribution is 9.11. The van der Waals surface area contributed by atoms with Crippen molar-refractivity contribution in [3.05, 3.63) is 10.6 Å². The van der Waals surface area contributed by atoms with E-state index in [9.17, 15) is 9.59 Å². The fraction of sp³-hybridized carbons (Fsp3) is 0.714. The number of nitrogens with one attached hydrogen (secondary N) is 1. The first-order chi connectivity index (χ1) is 9.87. The fourth-order valence-corrected chi connectivity index (χ4v) is 2.96. The number of hydrogen-bond acceptors (Lipinski definition) is 4. The van der Waals surface area contributed by atoms with Crippen molar-refractivity contribution in [3.8, 4) is 0 Å². The van der Waals surface area contributed by atoms with Crippen LogP contribution in [-0.4, -0.2) is 36.4 Å². The van der Waals surface area contributed by atoms with E-state index in [0.717, 1.165) is 17.3 Å². The quantitative estimate of drug-likeness (QED) is 0.757. The minimum Gasteiger partial charge on any atom is -0.444 e. The molecule has 1 aliphatic carbocycles. The smallest absolute Gasteiger partial charge is 0.404 e. The second-order valence-corrected chi connectivity index (χ2v) is 6.08. The monoisotopic (exact) mass is 362 g/mol. The molecule has 0 aliphatic heterocycles. The highest BCUT2D eigenvalue weighted by Crippen LogP contribution is 2.29. The Morgan fingerprint density at radius 2 is 2.10 bits per heavy atom. The first-order valence-electron chi connectivity index (χ1n) is 7.12. The standard InChI is InChI=1S/C14H23BrN2O4/c1-4-10(5-2)20-11-6-9(15)7-12(21-14(16)19)13(11)17-8(3)18/h6,10-13H,4-5,7H2,1-3H3,(H2,16,19)(H,17,18)/t11-,12+,13+/m1/s1. The summed E-state index contributed by atoms with van der Waals surface area (Å²) in [5.74, 6) is -0.206. The van der Waals surface area contributed by atoms with Crippen LogP contribution in [0.25, 0.3) is 0 Å². The van der Waals surface area contributed by atoms with E-state index in [1.54, 1.807) is 0 Å². The molecule has 0 spiro atoms. The van der Waals surface area contributed by atoms with Gasteiger partial charge in [0.25, 0.3) is 0 Å². The molecule has 0 radical (unpaired) electrons. The van der Waals surface area contributed by atoms with Crippen molar-refractivity contribution in [1.29, 1.82) is 0 Å². The molecule has 1 aliphatic rings. The summed E-state index contributed by atoms with van der Waals surface area (Å²) in [5, 5.41) is 2.80. The molecule has 1 rings (SSSR count). The Kier molecular flexibility index (Phi) is 7.17. The first kappa shape index (κ1) is 18.0. The van der Waals surface area contributed by atoms with Gasteiger partial charge in [-0.3, -0.25) is 4.79 Å². The topological polar surface area (TPSA) is 90.7 Å². The first-order valence-corrected chi connectivity index (χ1v) is 7.91. The van der Waals surface area contributed by atoms with Gasteiger partial charge in [-0.25, -0.2) is 4.79 Å². The van der Waals surface area contributed by atoms with E-state index >= 15 is 0 Å². The van der Waals surface area contributed by atoms with Gasteiger partial charge < -0.3 is 20.5 Å². The van der Waals surface area contributed by atoms with Crippen molar-refractivity contribution in [2.45, 2.75) is 64.4 Å². The van der Waals surface area contributed by atoms with E-state index in [1.165, 1.54) is 6.92 Å². The Bertz CT molecular complexity index is 410. The highest BCUT2D eigenvalue weighted by Gasteiger charge is 2.37. The zero-order valence-electron chi connectivity index (χ0n) is 12.6. The lowest BCUT2D eigenvalue weighted by Crippen LogP contribution is -2.54. The molecule has 3 atom stereocenters. The van der Waals surface area contributed by atoms with Gasteiger partial charge >= 0.3 is 6.09 Å². The summed E-state index contributed by atoms with van der Waals surface area (Å²) in [7, 11) is 0. The highest BCUT2D eigenvalue weighted by atomic mass is 79.9. The van der Waals surface area contributed by atoms with Crippen LogP contribution < -0.4 is 11.1 Å². The lowest BCUT2D eigenvalue weighted by Gasteiger charge is -2.37. The second-order valence-electron chi connectivity index (χ2n) is 5.06. The molecule has 0 unspecified atom stereocenters. The molecule has 0 aromatic carbocycles. The van der Waals surface area contributed by atoms with E-state index in [2.05, 4.69) is 21.2 Å². The molecule has 7 heteroatoms. The van der Waals surface area contributed by atoms with Crippen LogP contribution in [0.5, 0.6) is 0 Å². The van der Waals surface area contributed by atoms with Crippen molar-refractivity contribution in [2.24, 2.45) is 5.73 Å². The Balaban J connectivity index is 2.95. The number of hydrogen-bond donors (Lipinski definition) is 2. The van der Waals surface area contributed by atoms with Crippen molar-refractivity contribution in [3.63, 3.8) is 0 Å². The lowest BCUT2D eigenvalue weighted by molar-refractivity contribution is -0.123. The van der Waals surface area contributed by atoms with E-state index in [4.69, 9.17) is 15.2 Å². The predicted octanol–water partition coefficient (Wildman–Crippen LogP) is 2.21. The molecule has 0 bridgehead atoms. The molecule has 2 amide bonds. The number of carbonyl (C=O) groups is 2. The normalized spacial score (nSPS) is 25.4. The van der Waals surface area contributed by atoms with Crippen LogP contribution in [0.4, 0.5) is 4.79 Å². The molecule has 3 N–H and O–H groups in total. The minimum atomic E-state index is -0.862. The molecule has 0 fully saturated rings. The largest absolute Gasteiger partial charge is 0.444 e. The van der Waals surface area contributed by atoms with Gasteiger partial charge in [0.05, 0.1) is 12.1 Å². The zero-order chi connectivity index (χ0) is 16.0. The maximum Gasteiger partial charge on any atom is 0.404 e. The van der Waals surface area contributed by atoms with E-state index < -0.39 is 18.2 Å². The summed E-state index contributed by atoms with van der Waals surface area (Å²) < 4.78 is 12.0. The summed E-state index contributed by atoms with van der Waals surface area (Å²) in [6.45, 7) is 5.50. The molecular weight excluding hydrogens is 340 g/mol. The number of rotatable bonds is 6. The third-order valence-electron chi connectivity index (χ3n) is 3.39. The summed E-state index contributed by atoms with van der Waals surface area (Å²) in [5.41, 5.74) is 5.11. The Morgan fingerprint density at radius 3 is 2.57 bits per heavy atom. The maximum absolute atomic E-state index is 11.4.